The maximum absolute atomic E-state index is 5.74. The van der Waals surface area contributed by atoms with Crippen molar-refractivity contribution in [2.24, 2.45) is 5.73 Å². The molecule has 1 aromatic carbocycles. The first-order valence-corrected chi connectivity index (χ1v) is 5.82. The van der Waals surface area contributed by atoms with Crippen LogP contribution in [0.1, 0.15) is 24.0 Å². The summed E-state index contributed by atoms with van der Waals surface area (Å²) in [5.74, 6) is 2.50. The van der Waals surface area contributed by atoms with E-state index in [0.29, 0.717) is 13.2 Å². The predicted molar refractivity (Wildman–Crippen MR) is 66.8 cm³/mol. The first-order chi connectivity index (χ1) is 8.33. The first-order valence-electron chi connectivity index (χ1n) is 5.82. The minimum Gasteiger partial charge on any atom is -0.485 e. The van der Waals surface area contributed by atoms with Gasteiger partial charge in [0.2, 0.25) is 0 Å². The molecule has 0 saturated carbocycles. The second-order valence-electron chi connectivity index (χ2n) is 3.82. The molecule has 2 rings (SSSR count). The number of nitrogens with two attached hydrogens (primary N) is 1. The van der Waals surface area contributed by atoms with E-state index < -0.39 is 0 Å². The van der Waals surface area contributed by atoms with Gasteiger partial charge in [-0.05, 0) is 30.2 Å². The summed E-state index contributed by atoms with van der Waals surface area (Å²) in [7, 11) is 0. The van der Waals surface area contributed by atoms with E-state index in [1.54, 1.807) is 0 Å². The summed E-state index contributed by atoms with van der Waals surface area (Å²) in [6, 6.07) is 11.8. The molecule has 3 nitrogen and oxygen atoms in total. The summed E-state index contributed by atoms with van der Waals surface area (Å²) in [6.45, 7) is 2.98. The molecule has 0 atom stereocenters. The molecule has 0 bridgehead atoms. The quantitative estimate of drug-likeness (QED) is 0.860. The molecule has 1 heterocycles. The van der Waals surface area contributed by atoms with Crippen molar-refractivity contribution in [2.75, 3.05) is 0 Å². The third-order valence-electron chi connectivity index (χ3n) is 2.64. The first kappa shape index (κ1) is 11.7. The number of hydrogen-bond acceptors (Lipinski definition) is 3. The number of furan rings is 1. The van der Waals surface area contributed by atoms with Gasteiger partial charge in [-0.2, -0.15) is 0 Å². The fourth-order valence-electron chi connectivity index (χ4n) is 1.70. The van der Waals surface area contributed by atoms with Gasteiger partial charge in [-0.3, -0.25) is 0 Å². The summed E-state index contributed by atoms with van der Waals surface area (Å²) in [6.07, 6.45) is 0.961. The molecule has 0 saturated heterocycles. The average molecular weight is 231 g/mol. The standard InChI is InChI=1S/C14H17NO2/c1-2-11-5-3-4-6-14(11)16-10-13-8-7-12(9-15)17-13/h3-8H,2,9-10,15H2,1H3. The normalized spacial score (nSPS) is 10.5. The van der Waals surface area contributed by atoms with E-state index >= 15 is 0 Å². The lowest BCUT2D eigenvalue weighted by molar-refractivity contribution is 0.264. The molecule has 2 N–H and O–H groups in total. The van der Waals surface area contributed by atoms with Crippen LogP contribution in [0.5, 0.6) is 5.75 Å². The van der Waals surface area contributed by atoms with Crippen LogP contribution in [0.25, 0.3) is 0 Å². The van der Waals surface area contributed by atoms with E-state index in [2.05, 4.69) is 13.0 Å². The van der Waals surface area contributed by atoms with E-state index in [1.807, 2.05) is 30.3 Å². The van der Waals surface area contributed by atoms with Gasteiger partial charge in [-0.25, -0.2) is 0 Å². The summed E-state index contributed by atoms with van der Waals surface area (Å²) in [5.41, 5.74) is 6.69. The summed E-state index contributed by atoms with van der Waals surface area (Å²) in [5, 5.41) is 0. The van der Waals surface area contributed by atoms with Crippen LogP contribution in [0.4, 0.5) is 0 Å². The molecule has 0 aliphatic carbocycles. The van der Waals surface area contributed by atoms with Crippen molar-refractivity contribution < 1.29 is 9.15 Å². The fraction of sp³-hybridized carbons (Fsp3) is 0.286. The molecule has 2 aromatic rings. The van der Waals surface area contributed by atoms with Crippen molar-refractivity contribution in [3.8, 4) is 5.75 Å². The highest BCUT2D eigenvalue weighted by molar-refractivity contribution is 5.33. The highest BCUT2D eigenvalue weighted by atomic mass is 16.5. The molecule has 0 aliphatic rings. The Balaban J connectivity index is 2.01. The fourth-order valence-corrected chi connectivity index (χ4v) is 1.70. The molecule has 1 aromatic heterocycles. The second-order valence-corrected chi connectivity index (χ2v) is 3.82. The number of ether oxygens (including phenoxy) is 1. The van der Waals surface area contributed by atoms with Gasteiger partial charge in [0.25, 0.3) is 0 Å². The Labute approximate surface area is 101 Å². The van der Waals surface area contributed by atoms with Crippen LogP contribution < -0.4 is 10.5 Å². The Morgan fingerprint density at radius 3 is 2.59 bits per heavy atom. The number of aryl methyl sites for hydroxylation is 1. The van der Waals surface area contributed by atoms with E-state index in [-0.39, 0.29) is 0 Å². The molecule has 0 spiro atoms. The van der Waals surface area contributed by atoms with Gasteiger partial charge < -0.3 is 14.9 Å². The van der Waals surface area contributed by atoms with Gasteiger partial charge in [0, 0.05) is 0 Å². The van der Waals surface area contributed by atoms with Crippen LogP contribution in [0, 0.1) is 0 Å². The molecule has 0 radical (unpaired) electrons. The van der Waals surface area contributed by atoms with Crippen LogP contribution in [-0.2, 0) is 19.6 Å². The van der Waals surface area contributed by atoms with Gasteiger partial charge in [-0.15, -0.1) is 0 Å². The molecule has 0 amide bonds. The summed E-state index contributed by atoms with van der Waals surface area (Å²) in [4.78, 5) is 0. The van der Waals surface area contributed by atoms with Gasteiger partial charge in [-0.1, -0.05) is 25.1 Å². The summed E-state index contributed by atoms with van der Waals surface area (Å²) >= 11 is 0. The SMILES string of the molecule is CCc1ccccc1OCc1ccc(CN)o1. The van der Waals surface area contributed by atoms with Crippen molar-refractivity contribution in [2.45, 2.75) is 26.5 Å². The van der Waals surface area contributed by atoms with Gasteiger partial charge in [0.1, 0.15) is 23.9 Å². The minimum absolute atomic E-state index is 0.422. The van der Waals surface area contributed by atoms with Crippen molar-refractivity contribution in [3.63, 3.8) is 0 Å². The van der Waals surface area contributed by atoms with Gasteiger partial charge >= 0.3 is 0 Å². The lowest BCUT2D eigenvalue weighted by Gasteiger charge is -2.08. The van der Waals surface area contributed by atoms with Crippen LogP contribution in [0.2, 0.25) is 0 Å². The molecule has 90 valence electrons. The number of para-hydroxylation sites is 1. The molecule has 0 fully saturated rings. The lowest BCUT2D eigenvalue weighted by Crippen LogP contribution is -1.97. The molecule has 0 unspecified atom stereocenters. The van der Waals surface area contributed by atoms with Gasteiger partial charge in [0.05, 0.1) is 6.54 Å². The van der Waals surface area contributed by atoms with Gasteiger partial charge in [0.15, 0.2) is 0 Å². The zero-order chi connectivity index (χ0) is 12.1. The number of benzene rings is 1. The van der Waals surface area contributed by atoms with Crippen LogP contribution >= 0.6 is 0 Å². The zero-order valence-corrected chi connectivity index (χ0v) is 9.98. The maximum Gasteiger partial charge on any atom is 0.146 e. The lowest BCUT2D eigenvalue weighted by atomic mass is 10.1. The predicted octanol–water partition coefficient (Wildman–Crippen LogP) is 2.88. The van der Waals surface area contributed by atoms with Crippen molar-refractivity contribution in [1.82, 2.24) is 0 Å². The Kier molecular flexibility index (Phi) is 3.83. The largest absolute Gasteiger partial charge is 0.485 e. The van der Waals surface area contributed by atoms with E-state index in [0.717, 1.165) is 23.7 Å². The molecule has 3 heteroatoms. The van der Waals surface area contributed by atoms with E-state index in [1.165, 1.54) is 5.56 Å². The Bertz CT molecular complexity index is 477. The monoisotopic (exact) mass is 231 g/mol. The van der Waals surface area contributed by atoms with E-state index in [9.17, 15) is 0 Å². The molecule has 17 heavy (non-hydrogen) atoms. The van der Waals surface area contributed by atoms with E-state index in [4.69, 9.17) is 14.9 Å². The highest BCUT2D eigenvalue weighted by Crippen LogP contribution is 2.20. The third kappa shape index (κ3) is 2.88. The Morgan fingerprint density at radius 2 is 1.88 bits per heavy atom. The van der Waals surface area contributed by atoms with Crippen LogP contribution in [0.3, 0.4) is 0 Å². The third-order valence-corrected chi connectivity index (χ3v) is 2.64. The molecule has 0 aliphatic heterocycles. The molecular formula is C14H17NO2. The Morgan fingerprint density at radius 1 is 1.12 bits per heavy atom. The number of hydrogen-bond donors (Lipinski definition) is 1. The second kappa shape index (κ2) is 5.55. The topological polar surface area (TPSA) is 48.4 Å². The molecular weight excluding hydrogens is 214 g/mol. The Hall–Kier alpha value is -1.74. The summed E-state index contributed by atoms with van der Waals surface area (Å²) < 4.78 is 11.2. The van der Waals surface area contributed by atoms with Crippen LogP contribution in [0.15, 0.2) is 40.8 Å². The maximum atomic E-state index is 5.74. The average Bonchev–Trinajstić information content (AvgIpc) is 2.84. The van der Waals surface area contributed by atoms with Crippen LogP contribution in [-0.4, -0.2) is 0 Å². The highest BCUT2D eigenvalue weighted by Gasteiger charge is 2.04. The van der Waals surface area contributed by atoms with Crippen molar-refractivity contribution in [1.29, 1.82) is 0 Å². The van der Waals surface area contributed by atoms with Crippen molar-refractivity contribution >= 4 is 0 Å². The minimum atomic E-state index is 0.422. The number of rotatable bonds is 5. The van der Waals surface area contributed by atoms with Crippen molar-refractivity contribution in [3.05, 3.63) is 53.5 Å². The smallest absolute Gasteiger partial charge is 0.146 e. The zero-order valence-electron chi connectivity index (χ0n) is 9.98.